The van der Waals surface area contributed by atoms with Crippen molar-refractivity contribution < 1.29 is 9.53 Å². The number of hydrogen-bond donors (Lipinski definition) is 1. The average Bonchev–Trinajstić information content (AvgIpc) is 2.42. The Balaban J connectivity index is 2.30. The first-order chi connectivity index (χ1) is 6.34. The summed E-state index contributed by atoms with van der Waals surface area (Å²) < 4.78 is 5.24. The topological polar surface area (TPSA) is 41.6 Å². The molecule has 0 aromatic heterocycles. The summed E-state index contributed by atoms with van der Waals surface area (Å²) in [7, 11) is 0. The number of carbonyl (C=O) groups is 1. The summed E-state index contributed by atoms with van der Waals surface area (Å²) in [5, 5.41) is 2.74. The van der Waals surface area contributed by atoms with Crippen LogP contribution < -0.4 is 5.32 Å². The lowest BCUT2D eigenvalue weighted by Gasteiger charge is -2.19. The summed E-state index contributed by atoms with van der Waals surface area (Å²) >= 11 is 0. The highest BCUT2D eigenvalue weighted by Crippen LogP contribution is 1.98. The van der Waals surface area contributed by atoms with Crippen molar-refractivity contribution in [1.29, 1.82) is 0 Å². The highest BCUT2D eigenvalue weighted by Gasteiger charge is 2.13. The van der Waals surface area contributed by atoms with E-state index in [1.54, 1.807) is 11.0 Å². The number of carbonyl (C=O) groups excluding carboxylic acids is 1. The maximum Gasteiger partial charge on any atom is 0.317 e. The van der Waals surface area contributed by atoms with Crippen molar-refractivity contribution >= 4 is 6.03 Å². The molecule has 0 bridgehead atoms. The molecule has 13 heavy (non-hydrogen) atoms. The van der Waals surface area contributed by atoms with Gasteiger partial charge in [-0.2, -0.15) is 0 Å². The van der Waals surface area contributed by atoms with E-state index in [0.29, 0.717) is 19.7 Å². The molecule has 0 atom stereocenters. The Morgan fingerprint density at radius 3 is 3.15 bits per heavy atom. The second-order valence-corrected chi connectivity index (χ2v) is 2.93. The minimum absolute atomic E-state index is 0.0228. The summed E-state index contributed by atoms with van der Waals surface area (Å²) in [6, 6.07) is -0.0228. The van der Waals surface area contributed by atoms with Crippen LogP contribution in [0.3, 0.4) is 0 Å². The van der Waals surface area contributed by atoms with Gasteiger partial charge in [0.2, 0.25) is 0 Å². The molecule has 1 fully saturated rings. The van der Waals surface area contributed by atoms with Gasteiger partial charge in [0.1, 0.15) is 0 Å². The van der Waals surface area contributed by atoms with Crippen LogP contribution in [0.15, 0.2) is 12.7 Å². The van der Waals surface area contributed by atoms with E-state index >= 15 is 0 Å². The lowest BCUT2D eigenvalue weighted by molar-refractivity contribution is 0.142. The van der Waals surface area contributed by atoms with Crippen molar-refractivity contribution in [2.45, 2.75) is 6.42 Å². The lowest BCUT2D eigenvalue weighted by Crippen LogP contribution is -2.41. The van der Waals surface area contributed by atoms with E-state index in [9.17, 15) is 4.79 Å². The SMILES string of the molecule is C=CCNC(=O)N1CCCOCC1. The summed E-state index contributed by atoms with van der Waals surface area (Å²) in [6.07, 6.45) is 2.59. The minimum Gasteiger partial charge on any atom is -0.380 e. The van der Waals surface area contributed by atoms with Crippen LogP contribution in [-0.2, 0) is 4.74 Å². The first-order valence-electron chi connectivity index (χ1n) is 4.56. The monoisotopic (exact) mass is 184 g/mol. The van der Waals surface area contributed by atoms with Crippen LogP contribution in [0.25, 0.3) is 0 Å². The number of urea groups is 1. The Hall–Kier alpha value is -1.03. The lowest BCUT2D eigenvalue weighted by atomic mass is 10.4. The van der Waals surface area contributed by atoms with E-state index in [0.717, 1.165) is 19.6 Å². The summed E-state index contributed by atoms with van der Waals surface area (Å²) in [5.41, 5.74) is 0. The molecule has 1 saturated heterocycles. The molecule has 1 heterocycles. The van der Waals surface area contributed by atoms with E-state index in [4.69, 9.17) is 4.74 Å². The molecule has 0 aromatic rings. The Labute approximate surface area is 78.5 Å². The predicted octanol–water partition coefficient (Wildman–Crippen LogP) is 0.604. The quantitative estimate of drug-likeness (QED) is 0.639. The summed E-state index contributed by atoms with van der Waals surface area (Å²) in [4.78, 5) is 13.2. The molecule has 0 spiro atoms. The third-order valence-electron chi connectivity index (χ3n) is 1.91. The average molecular weight is 184 g/mol. The number of rotatable bonds is 2. The fourth-order valence-electron chi connectivity index (χ4n) is 1.22. The maximum atomic E-state index is 11.4. The molecule has 2 amide bonds. The van der Waals surface area contributed by atoms with Crippen LogP contribution in [0.5, 0.6) is 0 Å². The number of nitrogens with one attached hydrogen (secondary N) is 1. The molecule has 4 nitrogen and oxygen atoms in total. The third kappa shape index (κ3) is 3.46. The molecule has 4 heteroatoms. The molecular formula is C9H16N2O2. The molecule has 0 aliphatic carbocycles. The molecule has 0 radical (unpaired) electrons. The van der Waals surface area contributed by atoms with E-state index in [1.165, 1.54) is 0 Å². The van der Waals surface area contributed by atoms with E-state index in [1.807, 2.05) is 0 Å². The standard InChI is InChI=1S/C9H16N2O2/c1-2-4-10-9(12)11-5-3-7-13-8-6-11/h2H,1,3-8H2,(H,10,12). The van der Waals surface area contributed by atoms with E-state index in [-0.39, 0.29) is 6.03 Å². The Kier molecular flexibility index (Phi) is 4.32. The highest BCUT2D eigenvalue weighted by atomic mass is 16.5. The second-order valence-electron chi connectivity index (χ2n) is 2.93. The van der Waals surface area contributed by atoms with Crippen LogP contribution in [0, 0.1) is 0 Å². The van der Waals surface area contributed by atoms with Crippen molar-refractivity contribution in [3.8, 4) is 0 Å². The van der Waals surface area contributed by atoms with Gasteiger partial charge < -0.3 is 15.0 Å². The maximum absolute atomic E-state index is 11.4. The van der Waals surface area contributed by atoms with E-state index in [2.05, 4.69) is 11.9 Å². The van der Waals surface area contributed by atoms with Gasteiger partial charge in [0.15, 0.2) is 0 Å². The van der Waals surface area contributed by atoms with Crippen LogP contribution in [0.2, 0.25) is 0 Å². The number of nitrogens with zero attached hydrogens (tertiary/aromatic N) is 1. The fourth-order valence-corrected chi connectivity index (χ4v) is 1.22. The minimum atomic E-state index is -0.0228. The van der Waals surface area contributed by atoms with E-state index < -0.39 is 0 Å². The zero-order valence-corrected chi connectivity index (χ0v) is 7.79. The fraction of sp³-hybridized carbons (Fsp3) is 0.667. The van der Waals surface area contributed by atoms with Crippen LogP contribution in [0.4, 0.5) is 4.79 Å². The first-order valence-corrected chi connectivity index (χ1v) is 4.56. The summed E-state index contributed by atoms with van der Waals surface area (Å²) in [5.74, 6) is 0. The Bertz CT molecular complexity index is 174. The summed E-state index contributed by atoms with van der Waals surface area (Å²) in [6.45, 7) is 6.92. The normalized spacial score (nSPS) is 17.7. The molecular weight excluding hydrogens is 168 g/mol. The van der Waals surface area contributed by atoms with Crippen molar-refractivity contribution in [2.24, 2.45) is 0 Å². The second kappa shape index (κ2) is 5.59. The van der Waals surface area contributed by atoms with Crippen LogP contribution in [-0.4, -0.2) is 43.8 Å². The molecule has 1 rings (SSSR count). The molecule has 0 saturated carbocycles. The smallest absolute Gasteiger partial charge is 0.317 e. The number of amides is 2. The number of ether oxygens (including phenoxy) is 1. The molecule has 0 unspecified atom stereocenters. The van der Waals surface area contributed by atoms with Gasteiger partial charge in [0, 0.05) is 26.2 Å². The Morgan fingerprint density at radius 2 is 2.38 bits per heavy atom. The van der Waals surface area contributed by atoms with Gasteiger partial charge >= 0.3 is 6.03 Å². The predicted molar refractivity (Wildman–Crippen MR) is 50.6 cm³/mol. The van der Waals surface area contributed by atoms with Crippen molar-refractivity contribution in [1.82, 2.24) is 10.2 Å². The number of hydrogen-bond acceptors (Lipinski definition) is 2. The van der Waals surface area contributed by atoms with Gasteiger partial charge in [-0.3, -0.25) is 0 Å². The molecule has 1 aliphatic heterocycles. The van der Waals surface area contributed by atoms with Crippen molar-refractivity contribution in [3.63, 3.8) is 0 Å². The third-order valence-corrected chi connectivity index (χ3v) is 1.91. The van der Waals surface area contributed by atoms with Crippen LogP contribution >= 0.6 is 0 Å². The van der Waals surface area contributed by atoms with Gasteiger partial charge in [-0.05, 0) is 6.42 Å². The molecule has 1 aliphatic rings. The van der Waals surface area contributed by atoms with Gasteiger partial charge in [-0.25, -0.2) is 4.79 Å². The van der Waals surface area contributed by atoms with Gasteiger partial charge in [0.25, 0.3) is 0 Å². The van der Waals surface area contributed by atoms with Crippen molar-refractivity contribution in [2.75, 3.05) is 32.8 Å². The van der Waals surface area contributed by atoms with Crippen LogP contribution in [0.1, 0.15) is 6.42 Å². The molecule has 1 N–H and O–H groups in total. The van der Waals surface area contributed by atoms with Gasteiger partial charge in [0.05, 0.1) is 6.61 Å². The van der Waals surface area contributed by atoms with Gasteiger partial charge in [-0.1, -0.05) is 6.08 Å². The zero-order chi connectivity index (χ0) is 9.52. The van der Waals surface area contributed by atoms with Crippen molar-refractivity contribution in [3.05, 3.63) is 12.7 Å². The molecule has 0 aromatic carbocycles. The van der Waals surface area contributed by atoms with Gasteiger partial charge in [-0.15, -0.1) is 6.58 Å². The Morgan fingerprint density at radius 1 is 1.54 bits per heavy atom. The molecule has 74 valence electrons. The zero-order valence-electron chi connectivity index (χ0n) is 7.79. The largest absolute Gasteiger partial charge is 0.380 e. The highest BCUT2D eigenvalue weighted by molar-refractivity contribution is 5.74. The first kappa shape index (κ1) is 10.1.